The number of hydrogen-bond acceptors (Lipinski definition) is 2. The Hall–Kier alpha value is -0.380. The van der Waals surface area contributed by atoms with Crippen LogP contribution in [0.3, 0.4) is 0 Å². The molecule has 3 nitrogen and oxygen atoms in total. The lowest BCUT2D eigenvalue weighted by Gasteiger charge is -2.29. The van der Waals surface area contributed by atoms with E-state index < -0.39 is 10.8 Å². The smallest absolute Gasteiger partial charge is 0.0957 e. The van der Waals surface area contributed by atoms with Crippen molar-refractivity contribution in [3.05, 3.63) is 0 Å². The molecule has 1 saturated heterocycles. The number of piperidine rings is 1. The molecule has 0 radical (unpaired) electrons. The van der Waals surface area contributed by atoms with Crippen LogP contribution in [0.5, 0.6) is 0 Å². The molecule has 1 aliphatic rings. The van der Waals surface area contributed by atoms with Gasteiger partial charge in [-0.3, -0.25) is 9.62 Å². The Kier molecular flexibility index (Phi) is 4.42. The van der Waals surface area contributed by atoms with Crippen molar-refractivity contribution in [2.45, 2.75) is 25.7 Å². The van der Waals surface area contributed by atoms with Crippen LogP contribution in [-0.4, -0.2) is 40.0 Å². The minimum atomic E-state index is -0.678. The van der Waals surface area contributed by atoms with Gasteiger partial charge in [0.15, 0.2) is 0 Å². The fourth-order valence-electron chi connectivity index (χ4n) is 1.59. The highest BCUT2D eigenvalue weighted by Gasteiger charge is 2.13. The van der Waals surface area contributed by atoms with Crippen LogP contribution in [0.15, 0.2) is 0 Å². The number of nitrogens with zero attached hydrogens (tertiary/aromatic N) is 1. The highest BCUT2D eigenvalue weighted by atomic mass is 32.2. The van der Waals surface area contributed by atoms with Gasteiger partial charge in [-0.2, -0.15) is 0 Å². The van der Waals surface area contributed by atoms with Gasteiger partial charge in [0, 0.05) is 42.3 Å². The van der Waals surface area contributed by atoms with E-state index in [4.69, 9.17) is 5.41 Å². The number of amidine groups is 1. The lowest BCUT2D eigenvalue weighted by Crippen LogP contribution is -2.35. The molecular weight excluding hydrogens is 184 g/mol. The molecule has 4 heteroatoms. The molecule has 0 saturated carbocycles. The second-order valence-corrected chi connectivity index (χ2v) is 5.08. The average Bonchev–Trinajstić information content (AvgIpc) is 2.08. The molecule has 1 rings (SSSR count). The zero-order chi connectivity index (χ0) is 9.68. The summed E-state index contributed by atoms with van der Waals surface area (Å²) in [6, 6.07) is 0. The summed E-state index contributed by atoms with van der Waals surface area (Å²) in [5, 5.41) is 7.68. The molecule has 0 amide bonds. The van der Waals surface area contributed by atoms with Gasteiger partial charge in [0.05, 0.1) is 5.84 Å². The van der Waals surface area contributed by atoms with Crippen LogP contribution in [-0.2, 0) is 10.8 Å². The van der Waals surface area contributed by atoms with Gasteiger partial charge in [-0.25, -0.2) is 0 Å². The molecule has 1 atom stereocenters. The Labute approximate surface area is 82.5 Å². The van der Waals surface area contributed by atoms with Gasteiger partial charge < -0.3 is 4.90 Å². The van der Waals surface area contributed by atoms with Crippen molar-refractivity contribution < 1.29 is 4.21 Å². The topological polar surface area (TPSA) is 44.2 Å². The van der Waals surface area contributed by atoms with E-state index in [9.17, 15) is 4.21 Å². The summed E-state index contributed by atoms with van der Waals surface area (Å²) >= 11 is 0. The summed E-state index contributed by atoms with van der Waals surface area (Å²) in [5.74, 6) is 1.54. The van der Waals surface area contributed by atoms with Crippen LogP contribution in [0.1, 0.15) is 25.7 Å². The molecule has 0 bridgehead atoms. The second kappa shape index (κ2) is 5.37. The van der Waals surface area contributed by atoms with Gasteiger partial charge in [0.25, 0.3) is 0 Å². The number of nitrogens with one attached hydrogen (secondary N) is 1. The first-order chi connectivity index (χ1) is 6.20. The molecule has 1 heterocycles. The monoisotopic (exact) mass is 202 g/mol. The van der Waals surface area contributed by atoms with Crippen molar-refractivity contribution in [3.63, 3.8) is 0 Å². The predicted octanol–water partition coefficient (Wildman–Crippen LogP) is 1.22. The minimum absolute atomic E-state index is 0.678. The van der Waals surface area contributed by atoms with E-state index in [2.05, 4.69) is 4.90 Å². The van der Waals surface area contributed by atoms with E-state index >= 15 is 0 Å². The molecule has 0 aromatic rings. The quantitative estimate of drug-likeness (QED) is 0.745. The largest absolute Gasteiger partial charge is 0.361 e. The number of hydrogen-bond donors (Lipinski definition) is 1. The maximum Gasteiger partial charge on any atom is 0.0957 e. The standard InChI is InChI=1S/C9H18N2OS/c1-13(12)8-4-7-11-6-3-2-5-9(11)10/h10H,2-8H2,1H3. The fourth-order valence-corrected chi connectivity index (χ4v) is 2.13. The number of rotatable bonds is 4. The van der Waals surface area contributed by atoms with E-state index in [0.717, 1.165) is 43.9 Å². The molecule has 1 N–H and O–H groups in total. The first-order valence-corrected chi connectivity index (χ1v) is 6.55. The molecule has 76 valence electrons. The lowest BCUT2D eigenvalue weighted by molar-refractivity contribution is 0.368. The predicted molar refractivity (Wildman–Crippen MR) is 56.7 cm³/mol. The third-order valence-electron chi connectivity index (χ3n) is 2.33. The Morgan fingerprint density at radius 3 is 2.92 bits per heavy atom. The zero-order valence-corrected chi connectivity index (χ0v) is 9.03. The van der Waals surface area contributed by atoms with Gasteiger partial charge in [0.2, 0.25) is 0 Å². The molecule has 1 fully saturated rings. The molecule has 1 unspecified atom stereocenters. The first-order valence-electron chi connectivity index (χ1n) is 4.82. The highest BCUT2D eigenvalue weighted by Crippen LogP contribution is 2.10. The van der Waals surface area contributed by atoms with E-state index in [1.165, 1.54) is 6.42 Å². The van der Waals surface area contributed by atoms with Crippen molar-refractivity contribution in [3.8, 4) is 0 Å². The average molecular weight is 202 g/mol. The molecule has 0 aromatic carbocycles. The summed E-state index contributed by atoms with van der Waals surface area (Å²) in [5.41, 5.74) is 0. The molecule has 0 aromatic heterocycles. The summed E-state index contributed by atoms with van der Waals surface area (Å²) in [4.78, 5) is 2.12. The van der Waals surface area contributed by atoms with Gasteiger partial charge in [-0.15, -0.1) is 0 Å². The molecule has 0 aliphatic carbocycles. The van der Waals surface area contributed by atoms with Crippen LogP contribution < -0.4 is 0 Å². The molecular formula is C9H18N2OS. The van der Waals surface area contributed by atoms with Crippen LogP contribution in [0, 0.1) is 5.41 Å². The summed E-state index contributed by atoms with van der Waals surface area (Å²) in [7, 11) is -0.678. The minimum Gasteiger partial charge on any atom is -0.361 e. The SMILES string of the molecule is CS(=O)CCCN1CCCCC1=N. The lowest BCUT2D eigenvalue weighted by atomic mass is 10.1. The third kappa shape index (κ3) is 3.89. The van der Waals surface area contributed by atoms with Crippen LogP contribution in [0.4, 0.5) is 0 Å². The summed E-state index contributed by atoms with van der Waals surface area (Å²) in [6.45, 7) is 1.94. The van der Waals surface area contributed by atoms with Crippen molar-refractivity contribution >= 4 is 16.6 Å². The van der Waals surface area contributed by atoms with Crippen molar-refractivity contribution in [1.82, 2.24) is 4.90 Å². The zero-order valence-electron chi connectivity index (χ0n) is 8.21. The van der Waals surface area contributed by atoms with E-state index in [1.54, 1.807) is 6.26 Å². The van der Waals surface area contributed by atoms with E-state index in [1.807, 2.05) is 0 Å². The number of likely N-dealkylation sites (tertiary alicyclic amines) is 1. The van der Waals surface area contributed by atoms with Crippen LogP contribution >= 0.6 is 0 Å². The third-order valence-corrected chi connectivity index (χ3v) is 3.20. The summed E-state index contributed by atoms with van der Waals surface area (Å²) in [6.07, 6.45) is 5.98. The van der Waals surface area contributed by atoms with E-state index in [0.29, 0.717) is 0 Å². The van der Waals surface area contributed by atoms with Crippen LogP contribution in [0.2, 0.25) is 0 Å². The van der Waals surface area contributed by atoms with Gasteiger partial charge in [-0.05, 0) is 19.3 Å². The molecule has 0 spiro atoms. The maximum atomic E-state index is 10.8. The Bertz CT molecular complexity index is 206. The highest BCUT2D eigenvalue weighted by molar-refractivity contribution is 7.84. The van der Waals surface area contributed by atoms with Crippen molar-refractivity contribution in [2.24, 2.45) is 0 Å². The van der Waals surface area contributed by atoms with Crippen molar-refractivity contribution in [2.75, 3.05) is 25.1 Å². The van der Waals surface area contributed by atoms with Gasteiger partial charge in [0.1, 0.15) is 0 Å². The van der Waals surface area contributed by atoms with Gasteiger partial charge in [-0.1, -0.05) is 0 Å². The molecule has 13 heavy (non-hydrogen) atoms. The maximum absolute atomic E-state index is 10.8. The normalized spacial score (nSPS) is 20.4. The second-order valence-electron chi connectivity index (χ2n) is 3.52. The fraction of sp³-hybridized carbons (Fsp3) is 0.889. The van der Waals surface area contributed by atoms with E-state index in [-0.39, 0.29) is 0 Å². The molecule has 1 aliphatic heterocycles. The van der Waals surface area contributed by atoms with Crippen molar-refractivity contribution in [1.29, 1.82) is 5.41 Å². The Morgan fingerprint density at radius 1 is 1.54 bits per heavy atom. The summed E-state index contributed by atoms with van der Waals surface area (Å²) < 4.78 is 10.8. The Balaban J connectivity index is 2.19. The first kappa shape index (κ1) is 10.7. The van der Waals surface area contributed by atoms with Crippen LogP contribution in [0.25, 0.3) is 0 Å². The van der Waals surface area contributed by atoms with Gasteiger partial charge >= 0.3 is 0 Å². The Morgan fingerprint density at radius 2 is 2.31 bits per heavy atom.